The zero-order valence-corrected chi connectivity index (χ0v) is 14.5. The lowest BCUT2D eigenvalue weighted by molar-refractivity contribution is 1.00. The van der Waals surface area contributed by atoms with E-state index in [0.29, 0.717) is 0 Å². The second-order valence-corrected chi connectivity index (χ2v) is 6.73. The summed E-state index contributed by atoms with van der Waals surface area (Å²) in [5.74, 6) is 0.986. The van der Waals surface area contributed by atoms with Crippen molar-refractivity contribution in [2.24, 2.45) is 0 Å². The molecule has 5 aromatic rings. The van der Waals surface area contributed by atoms with Crippen LogP contribution in [0, 0.1) is 6.92 Å². The molecular weight excluding hydrogens is 328 g/mol. The summed E-state index contributed by atoms with van der Waals surface area (Å²) in [6.45, 7) is 2.06. The molecule has 0 radical (unpaired) electrons. The van der Waals surface area contributed by atoms with Crippen molar-refractivity contribution >= 4 is 44.2 Å². The van der Waals surface area contributed by atoms with Crippen LogP contribution in [0.5, 0.6) is 0 Å². The Morgan fingerprint density at radius 1 is 0.840 bits per heavy atom. The maximum atomic E-state index is 6.18. The third-order valence-electron chi connectivity index (χ3n) is 4.77. The number of aromatic nitrogens is 2. The van der Waals surface area contributed by atoms with E-state index in [-0.39, 0.29) is 0 Å². The van der Waals surface area contributed by atoms with Gasteiger partial charge in [-0.05, 0) is 53.4 Å². The molecule has 0 amide bonds. The molecule has 4 aromatic carbocycles. The van der Waals surface area contributed by atoms with E-state index in [1.54, 1.807) is 0 Å². The topological polar surface area (TPSA) is 17.8 Å². The molecule has 0 aliphatic heterocycles. The third-order valence-corrected chi connectivity index (χ3v) is 5.00. The molecule has 0 bridgehead atoms. The molecule has 0 spiro atoms. The number of fused-ring (bicyclic) bond motifs is 5. The highest BCUT2D eigenvalue weighted by atomic mass is 35.5. The van der Waals surface area contributed by atoms with Gasteiger partial charge in [0.05, 0.1) is 11.0 Å². The van der Waals surface area contributed by atoms with E-state index in [9.17, 15) is 0 Å². The first-order chi connectivity index (χ1) is 12.2. The summed E-state index contributed by atoms with van der Waals surface area (Å²) >= 11 is 6.18. The van der Waals surface area contributed by atoms with E-state index in [1.165, 1.54) is 16.2 Å². The van der Waals surface area contributed by atoms with Gasteiger partial charge in [-0.3, -0.25) is 4.57 Å². The Morgan fingerprint density at radius 3 is 2.44 bits per heavy atom. The van der Waals surface area contributed by atoms with E-state index in [4.69, 9.17) is 16.6 Å². The second-order valence-electron chi connectivity index (χ2n) is 6.29. The Kier molecular flexibility index (Phi) is 3.09. The summed E-state index contributed by atoms with van der Waals surface area (Å²) in [4.78, 5) is 4.92. The molecular formula is C22H15ClN2. The lowest BCUT2D eigenvalue weighted by atomic mass is 10.0. The predicted octanol–water partition coefficient (Wildman–Crippen LogP) is 6.29. The zero-order chi connectivity index (χ0) is 17.0. The molecule has 0 saturated heterocycles. The smallest absolute Gasteiger partial charge is 0.111 e. The molecule has 5 rings (SSSR count). The van der Waals surface area contributed by atoms with Gasteiger partial charge in [0.15, 0.2) is 0 Å². The van der Waals surface area contributed by atoms with Crippen LogP contribution in [0.1, 0.15) is 5.82 Å². The summed E-state index contributed by atoms with van der Waals surface area (Å²) in [5.41, 5.74) is 3.29. The third kappa shape index (κ3) is 2.15. The molecule has 0 aliphatic carbocycles. The van der Waals surface area contributed by atoms with Gasteiger partial charge in [-0.15, -0.1) is 0 Å². The molecule has 0 atom stereocenters. The van der Waals surface area contributed by atoms with E-state index in [1.807, 2.05) is 18.2 Å². The lowest BCUT2D eigenvalue weighted by Gasteiger charge is -2.08. The van der Waals surface area contributed by atoms with Crippen molar-refractivity contribution in [3.8, 4) is 5.69 Å². The van der Waals surface area contributed by atoms with Crippen molar-refractivity contribution in [1.29, 1.82) is 0 Å². The van der Waals surface area contributed by atoms with Gasteiger partial charge in [0.25, 0.3) is 0 Å². The molecule has 3 heteroatoms. The normalized spacial score (nSPS) is 11.6. The number of halogens is 1. The molecule has 0 N–H and O–H groups in total. The Balaban J connectivity index is 1.96. The minimum absolute atomic E-state index is 0.755. The zero-order valence-electron chi connectivity index (χ0n) is 13.7. The first-order valence-corrected chi connectivity index (χ1v) is 8.66. The molecule has 120 valence electrons. The molecule has 25 heavy (non-hydrogen) atoms. The summed E-state index contributed by atoms with van der Waals surface area (Å²) in [7, 11) is 0. The lowest BCUT2D eigenvalue weighted by Crippen LogP contribution is -1.95. The van der Waals surface area contributed by atoms with Crippen molar-refractivity contribution in [3.05, 3.63) is 83.6 Å². The fraction of sp³-hybridized carbons (Fsp3) is 0.0455. The van der Waals surface area contributed by atoms with E-state index >= 15 is 0 Å². The van der Waals surface area contributed by atoms with Crippen LogP contribution in [0.2, 0.25) is 5.02 Å². The van der Waals surface area contributed by atoms with Crippen molar-refractivity contribution in [1.82, 2.24) is 9.55 Å². The minimum Gasteiger partial charge on any atom is -0.297 e. The highest BCUT2D eigenvalue weighted by molar-refractivity contribution is 6.32. The molecule has 2 nitrogen and oxygen atoms in total. The van der Waals surface area contributed by atoms with E-state index < -0.39 is 0 Å². The standard InChI is InChI=1S/C22H15ClN2/c1-14-24-22-20(25(14)18-5-3-2-4-6-18)12-9-15-7-8-16-13-17(23)10-11-19(16)21(15)22/h2-13H,1H3. The van der Waals surface area contributed by atoms with Gasteiger partial charge < -0.3 is 0 Å². The number of benzene rings is 4. The monoisotopic (exact) mass is 342 g/mol. The number of para-hydroxylation sites is 1. The van der Waals surface area contributed by atoms with Gasteiger partial charge in [-0.2, -0.15) is 0 Å². The van der Waals surface area contributed by atoms with Crippen LogP contribution in [0.15, 0.2) is 72.8 Å². The number of hydrogen-bond donors (Lipinski definition) is 0. The number of imidazole rings is 1. The van der Waals surface area contributed by atoms with Crippen molar-refractivity contribution in [2.45, 2.75) is 6.92 Å². The van der Waals surface area contributed by atoms with E-state index in [2.05, 4.69) is 66.1 Å². The molecule has 0 unspecified atom stereocenters. The molecule has 1 heterocycles. The van der Waals surface area contributed by atoms with Gasteiger partial charge in [-0.25, -0.2) is 4.98 Å². The Morgan fingerprint density at radius 2 is 1.60 bits per heavy atom. The van der Waals surface area contributed by atoms with Crippen LogP contribution in [-0.2, 0) is 0 Å². The predicted molar refractivity (Wildman–Crippen MR) is 106 cm³/mol. The van der Waals surface area contributed by atoms with Crippen molar-refractivity contribution < 1.29 is 0 Å². The van der Waals surface area contributed by atoms with Crippen LogP contribution in [0.4, 0.5) is 0 Å². The largest absolute Gasteiger partial charge is 0.297 e. The number of aryl methyl sites for hydroxylation is 1. The Bertz CT molecular complexity index is 1250. The maximum Gasteiger partial charge on any atom is 0.111 e. The molecule has 0 aliphatic rings. The van der Waals surface area contributed by atoms with Crippen LogP contribution < -0.4 is 0 Å². The van der Waals surface area contributed by atoms with Gasteiger partial charge in [0.1, 0.15) is 5.82 Å². The van der Waals surface area contributed by atoms with Gasteiger partial charge in [0, 0.05) is 16.1 Å². The Hall–Kier alpha value is -2.84. The molecule has 0 fully saturated rings. The van der Waals surface area contributed by atoms with Crippen LogP contribution in [0.25, 0.3) is 38.3 Å². The fourth-order valence-electron chi connectivity index (χ4n) is 3.68. The van der Waals surface area contributed by atoms with Gasteiger partial charge in [0.2, 0.25) is 0 Å². The number of hydrogen-bond acceptors (Lipinski definition) is 1. The summed E-state index contributed by atoms with van der Waals surface area (Å²) < 4.78 is 2.21. The average Bonchev–Trinajstić information content (AvgIpc) is 2.97. The quantitative estimate of drug-likeness (QED) is 0.327. The molecule has 1 aromatic heterocycles. The van der Waals surface area contributed by atoms with Crippen LogP contribution >= 0.6 is 11.6 Å². The summed E-state index contributed by atoms with van der Waals surface area (Å²) in [5, 5.41) is 5.46. The Labute approximate surface area is 150 Å². The first-order valence-electron chi connectivity index (χ1n) is 8.28. The summed E-state index contributed by atoms with van der Waals surface area (Å²) in [6, 6.07) is 25.0. The van der Waals surface area contributed by atoms with Crippen molar-refractivity contribution in [3.63, 3.8) is 0 Å². The van der Waals surface area contributed by atoms with Gasteiger partial charge >= 0.3 is 0 Å². The average molecular weight is 343 g/mol. The van der Waals surface area contributed by atoms with E-state index in [0.717, 1.165) is 33.0 Å². The number of rotatable bonds is 1. The highest BCUT2D eigenvalue weighted by Gasteiger charge is 2.13. The molecule has 0 saturated carbocycles. The van der Waals surface area contributed by atoms with Crippen molar-refractivity contribution in [2.75, 3.05) is 0 Å². The first kappa shape index (κ1) is 14.5. The second kappa shape index (κ2) is 5.33. The fourth-order valence-corrected chi connectivity index (χ4v) is 3.86. The minimum atomic E-state index is 0.755. The van der Waals surface area contributed by atoms with Gasteiger partial charge in [-0.1, -0.05) is 54.1 Å². The number of nitrogens with zero attached hydrogens (tertiary/aromatic N) is 2. The highest BCUT2D eigenvalue weighted by Crippen LogP contribution is 2.34. The summed E-state index contributed by atoms with van der Waals surface area (Å²) in [6.07, 6.45) is 0. The van der Waals surface area contributed by atoms with Crippen LogP contribution in [0.3, 0.4) is 0 Å². The van der Waals surface area contributed by atoms with Crippen LogP contribution in [-0.4, -0.2) is 9.55 Å². The SMILES string of the molecule is Cc1nc2c3c(ccc4cc(Cl)ccc43)ccc2n1-c1ccccc1. The maximum absolute atomic E-state index is 6.18.